The maximum atomic E-state index is 12.7. The van der Waals surface area contributed by atoms with Crippen molar-refractivity contribution in [3.05, 3.63) is 71.0 Å². The zero-order chi connectivity index (χ0) is 19.0. The van der Waals surface area contributed by atoms with Crippen molar-refractivity contribution in [3.8, 4) is 5.69 Å². The van der Waals surface area contributed by atoms with Crippen LogP contribution in [0.3, 0.4) is 0 Å². The molecule has 0 aliphatic carbocycles. The van der Waals surface area contributed by atoms with Crippen LogP contribution >= 0.6 is 11.6 Å². The molecule has 1 N–H and O–H groups in total. The molecule has 2 aromatic carbocycles. The lowest BCUT2D eigenvalue weighted by molar-refractivity contribution is -0.115. The van der Waals surface area contributed by atoms with Gasteiger partial charge in [-0.3, -0.25) is 4.79 Å². The standard InChI is InChI=1S/C20H17ClN4O2/c1-12-5-16-14(9-27-19(16)6-13(12)2)7-20(26)24-17-8-15(21)3-4-18(17)25-11-22-10-23-25/h3-6,8-11H,7H2,1-2H3,(H,24,26). The number of amides is 1. The highest BCUT2D eigenvalue weighted by atomic mass is 35.5. The van der Waals surface area contributed by atoms with Crippen LogP contribution in [0, 0.1) is 13.8 Å². The van der Waals surface area contributed by atoms with Crippen molar-refractivity contribution in [2.24, 2.45) is 0 Å². The molecule has 0 spiro atoms. The van der Waals surface area contributed by atoms with Gasteiger partial charge in [0, 0.05) is 16.0 Å². The molecular weight excluding hydrogens is 364 g/mol. The summed E-state index contributed by atoms with van der Waals surface area (Å²) in [6.45, 7) is 4.08. The minimum atomic E-state index is -0.167. The number of hydrogen-bond acceptors (Lipinski definition) is 4. The van der Waals surface area contributed by atoms with Crippen LogP contribution in [-0.2, 0) is 11.2 Å². The highest BCUT2D eigenvalue weighted by molar-refractivity contribution is 6.31. The molecule has 136 valence electrons. The van der Waals surface area contributed by atoms with Crippen molar-refractivity contribution < 1.29 is 9.21 Å². The monoisotopic (exact) mass is 380 g/mol. The number of nitrogens with one attached hydrogen (secondary N) is 1. The molecule has 0 fully saturated rings. The summed E-state index contributed by atoms with van der Waals surface area (Å²) in [5, 5.41) is 8.51. The van der Waals surface area contributed by atoms with Gasteiger partial charge in [-0.25, -0.2) is 9.67 Å². The number of aromatic nitrogens is 3. The number of benzene rings is 2. The van der Waals surface area contributed by atoms with Crippen molar-refractivity contribution >= 4 is 34.2 Å². The van der Waals surface area contributed by atoms with E-state index in [1.165, 1.54) is 6.33 Å². The molecular formula is C20H17ClN4O2. The van der Waals surface area contributed by atoms with Gasteiger partial charge >= 0.3 is 0 Å². The zero-order valence-corrected chi connectivity index (χ0v) is 15.6. The van der Waals surface area contributed by atoms with Gasteiger partial charge in [0.25, 0.3) is 0 Å². The van der Waals surface area contributed by atoms with Gasteiger partial charge in [-0.2, -0.15) is 5.10 Å². The first kappa shape index (κ1) is 17.3. The highest BCUT2D eigenvalue weighted by Crippen LogP contribution is 2.27. The summed E-state index contributed by atoms with van der Waals surface area (Å²) in [6.07, 6.45) is 4.83. The first-order valence-corrected chi connectivity index (χ1v) is 8.81. The second kappa shape index (κ2) is 6.89. The molecule has 2 heterocycles. The number of anilines is 1. The fourth-order valence-corrected chi connectivity index (χ4v) is 3.15. The molecule has 27 heavy (non-hydrogen) atoms. The van der Waals surface area contributed by atoms with Crippen molar-refractivity contribution in [2.75, 3.05) is 5.32 Å². The SMILES string of the molecule is Cc1cc2occ(CC(=O)Nc3cc(Cl)ccc3-n3cncn3)c2cc1C. The first-order chi connectivity index (χ1) is 13.0. The summed E-state index contributed by atoms with van der Waals surface area (Å²) in [5.74, 6) is -0.167. The molecule has 0 aliphatic heterocycles. The number of halogens is 1. The van der Waals surface area contributed by atoms with Crippen LogP contribution in [0.15, 0.2) is 53.7 Å². The fraction of sp³-hybridized carbons (Fsp3) is 0.150. The molecule has 1 amide bonds. The van der Waals surface area contributed by atoms with E-state index >= 15 is 0 Å². The van der Waals surface area contributed by atoms with Crippen LogP contribution in [0.1, 0.15) is 16.7 Å². The number of carbonyl (C=O) groups is 1. The van der Waals surface area contributed by atoms with Crippen LogP contribution in [0.4, 0.5) is 5.69 Å². The molecule has 0 saturated heterocycles. The van der Waals surface area contributed by atoms with E-state index in [1.54, 1.807) is 35.5 Å². The van der Waals surface area contributed by atoms with Gasteiger partial charge in [0.05, 0.1) is 24.1 Å². The van der Waals surface area contributed by atoms with Crippen LogP contribution in [-0.4, -0.2) is 20.7 Å². The Balaban J connectivity index is 1.61. The van der Waals surface area contributed by atoms with Gasteiger partial charge in [-0.15, -0.1) is 0 Å². The lowest BCUT2D eigenvalue weighted by atomic mass is 10.0. The summed E-state index contributed by atoms with van der Waals surface area (Å²) in [6, 6.07) is 9.26. The van der Waals surface area contributed by atoms with Gasteiger partial charge in [0.15, 0.2) is 0 Å². The van der Waals surface area contributed by atoms with E-state index < -0.39 is 0 Å². The third kappa shape index (κ3) is 3.44. The van der Waals surface area contributed by atoms with Crippen LogP contribution in [0.5, 0.6) is 0 Å². The third-order valence-corrected chi connectivity index (χ3v) is 4.75. The molecule has 0 radical (unpaired) electrons. The Hall–Kier alpha value is -3.12. The summed E-state index contributed by atoms with van der Waals surface area (Å²) < 4.78 is 7.19. The van der Waals surface area contributed by atoms with Crippen LogP contribution in [0.2, 0.25) is 5.02 Å². The molecule has 4 rings (SSSR count). The Bertz CT molecular complexity index is 1130. The van der Waals surface area contributed by atoms with E-state index in [4.69, 9.17) is 16.0 Å². The minimum Gasteiger partial charge on any atom is -0.464 e. The molecule has 0 atom stereocenters. The predicted molar refractivity (Wildman–Crippen MR) is 104 cm³/mol. The van der Waals surface area contributed by atoms with E-state index in [0.717, 1.165) is 27.7 Å². The molecule has 6 nitrogen and oxygen atoms in total. The Morgan fingerprint density at radius 3 is 2.81 bits per heavy atom. The van der Waals surface area contributed by atoms with Gasteiger partial charge in [-0.1, -0.05) is 11.6 Å². The van der Waals surface area contributed by atoms with Crippen molar-refractivity contribution in [1.82, 2.24) is 14.8 Å². The quantitative estimate of drug-likeness (QED) is 0.567. The first-order valence-electron chi connectivity index (χ1n) is 8.43. The Labute approximate surface area is 160 Å². The number of rotatable bonds is 4. The molecule has 0 saturated carbocycles. The van der Waals surface area contributed by atoms with Crippen LogP contribution < -0.4 is 5.32 Å². The van der Waals surface area contributed by atoms with E-state index in [1.807, 2.05) is 19.9 Å². The molecule has 7 heteroatoms. The number of hydrogen-bond donors (Lipinski definition) is 1. The number of furan rings is 1. The average molecular weight is 381 g/mol. The normalized spacial score (nSPS) is 11.1. The van der Waals surface area contributed by atoms with E-state index in [2.05, 4.69) is 21.5 Å². The smallest absolute Gasteiger partial charge is 0.228 e. The fourth-order valence-electron chi connectivity index (χ4n) is 2.98. The van der Waals surface area contributed by atoms with Gasteiger partial charge in [-0.05, 0) is 55.3 Å². The zero-order valence-electron chi connectivity index (χ0n) is 14.9. The van der Waals surface area contributed by atoms with Gasteiger partial charge in [0.1, 0.15) is 18.2 Å². The summed E-state index contributed by atoms with van der Waals surface area (Å²) in [4.78, 5) is 16.6. The van der Waals surface area contributed by atoms with Crippen LogP contribution in [0.25, 0.3) is 16.7 Å². The molecule has 0 unspecified atom stereocenters. The Morgan fingerprint density at radius 2 is 2.04 bits per heavy atom. The number of nitrogens with zero attached hydrogens (tertiary/aromatic N) is 3. The summed E-state index contributed by atoms with van der Waals surface area (Å²) in [7, 11) is 0. The van der Waals surface area contributed by atoms with Gasteiger partial charge < -0.3 is 9.73 Å². The largest absolute Gasteiger partial charge is 0.464 e. The lowest BCUT2D eigenvalue weighted by Crippen LogP contribution is -2.16. The summed E-state index contributed by atoms with van der Waals surface area (Å²) >= 11 is 6.10. The van der Waals surface area contributed by atoms with E-state index in [-0.39, 0.29) is 12.3 Å². The Kier molecular flexibility index (Phi) is 4.41. The van der Waals surface area contributed by atoms with E-state index in [0.29, 0.717) is 16.4 Å². The van der Waals surface area contributed by atoms with Gasteiger partial charge in [0.2, 0.25) is 5.91 Å². The second-order valence-corrected chi connectivity index (χ2v) is 6.86. The number of carbonyl (C=O) groups excluding carboxylic acids is 1. The van der Waals surface area contributed by atoms with Crippen molar-refractivity contribution in [2.45, 2.75) is 20.3 Å². The van der Waals surface area contributed by atoms with Crippen molar-refractivity contribution in [1.29, 1.82) is 0 Å². The van der Waals surface area contributed by atoms with Crippen molar-refractivity contribution in [3.63, 3.8) is 0 Å². The molecule has 0 bridgehead atoms. The number of aryl methyl sites for hydroxylation is 2. The maximum absolute atomic E-state index is 12.7. The molecule has 0 aliphatic rings. The molecule has 4 aromatic rings. The lowest BCUT2D eigenvalue weighted by Gasteiger charge is -2.11. The maximum Gasteiger partial charge on any atom is 0.228 e. The average Bonchev–Trinajstić information content (AvgIpc) is 3.27. The summed E-state index contributed by atoms with van der Waals surface area (Å²) in [5.41, 5.74) is 5.20. The highest BCUT2D eigenvalue weighted by Gasteiger charge is 2.14. The van der Waals surface area contributed by atoms with E-state index in [9.17, 15) is 4.79 Å². The minimum absolute atomic E-state index is 0.167. The third-order valence-electron chi connectivity index (χ3n) is 4.52. The topological polar surface area (TPSA) is 73.0 Å². The predicted octanol–water partition coefficient (Wildman–Crippen LogP) is 4.46. The number of fused-ring (bicyclic) bond motifs is 1. The second-order valence-electron chi connectivity index (χ2n) is 6.42. The Morgan fingerprint density at radius 1 is 1.22 bits per heavy atom. The molecule has 2 aromatic heterocycles.